The summed E-state index contributed by atoms with van der Waals surface area (Å²) < 4.78 is 5.87. The summed E-state index contributed by atoms with van der Waals surface area (Å²) in [5, 5.41) is 0.949. The van der Waals surface area contributed by atoms with Gasteiger partial charge in [0.25, 0.3) is 0 Å². The van der Waals surface area contributed by atoms with Gasteiger partial charge in [0.05, 0.1) is 10.9 Å². The maximum absolute atomic E-state index is 5.87. The van der Waals surface area contributed by atoms with E-state index in [9.17, 15) is 0 Å². The Hall–Kier alpha value is -2.42. The Kier molecular flexibility index (Phi) is 3.33. The zero-order chi connectivity index (χ0) is 13.9. The van der Waals surface area contributed by atoms with Gasteiger partial charge in [-0.25, -0.2) is 4.98 Å². The Bertz CT molecular complexity index is 736. The van der Waals surface area contributed by atoms with E-state index in [0.717, 1.165) is 22.3 Å². The highest BCUT2D eigenvalue weighted by Gasteiger charge is 2.06. The van der Waals surface area contributed by atoms with Crippen LogP contribution in [0.25, 0.3) is 10.9 Å². The van der Waals surface area contributed by atoms with Gasteiger partial charge in [0, 0.05) is 0 Å². The van der Waals surface area contributed by atoms with Gasteiger partial charge in [-0.05, 0) is 31.5 Å². The molecule has 2 aromatic carbocycles. The van der Waals surface area contributed by atoms with Crippen LogP contribution in [0.1, 0.15) is 17.0 Å². The van der Waals surface area contributed by atoms with Gasteiger partial charge < -0.3 is 4.74 Å². The van der Waals surface area contributed by atoms with Crippen molar-refractivity contribution in [2.24, 2.45) is 0 Å². The maximum atomic E-state index is 5.87. The van der Waals surface area contributed by atoms with Crippen molar-refractivity contribution < 1.29 is 4.74 Å². The zero-order valence-corrected chi connectivity index (χ0v) is 11.6. The van der Waals surface area contributed by atoms with Crippen molar-refractivity contribution in [3.63, 3.8) is 0 Å². The van der Waals surface area contributed by atoms with Crippen LogP contribution in [0.4, 0.5) is 0 Å². The Morgan fingerprint density at radius 2 is 1.65 bits per heavy atom. The Morgan fingerprint density at radius 1 is 0.900 bits per heavy atom. The molecule has 0 aliphatic carbocycles. The fourth-order valence-corrected chi connectivity index (χ4v) is 2.10. The minimum atomic E-state index is 0.515. The molecule has 0 N–H and O–H groups in total. The van der Waals surface area contributed by atoms with Crippen molar-refractivity contribution in [3.8, 4) is 5.88 Å². The summed E-state index contributed by atoms with van der Waals surface area (Å²) in [7, 11) is 0. The molecule has 3 heteroatoms. The molecule has 0 aliphatic heterocycles. The van der Waals surface area contributed by atoms with Crippen LogP contribution in [0.5, 0.6) is 5.88 Å². The van der Waals surface area contributed by atoms with Crippen molar-refractivity contribution in [2.75, 3.05) is 0 Å². The molecule has 100 valence electrons. The maximum Gasteiger partial charge on any atom is 0.225 e. The molecule has 3 nitrogen and oxygen atoms in total. The van der Waals surface area contributed by atoms with Gasteiger partial charge in [0.2, 0.25) is 5.88 Å². The molecule has 1 aromatic heterocycles. The molecule has 3 aromatic rings. The lowest BCUT2D eigenvalue weighted by atomic mass is 10.2. The summed E-state index contributed by atoms with van der Waals surface area (Å²) in [6.45, 7) is 4.47. The highest BCUT2D eigenvalue weighted by atomic mass is 16.5. The molecule has 0 aliphatic rings. The smallest absolute Gasteiger partial charge is 0.225 e. The van der Waals surface area contributed by atoms with E-state index in [1.165, 1.54) is 5.56 Å². The molecule has 0 fully saturated rings. The largest absolute Gasteiger partial charge is 0.472 e. The summed E-state index contributed by atoms with van der Waals surface area (Å²) in [5.74, 6) is 1.37. The molecule has 0 amide bonds. The van der Waals surface area contributed by atoms with Crippen molar-refractivity contribution >= 4 is 10.9 Å². The minimum Gasteiger partial charge on any atom is -0.472 e. The molecule has 0 radical (unpaired) electrons. The molecule has 1 heterocycles. The van der Waals surface area contributed by atoms with Gasteiger partial charge in [0.1, 0.15) is 12.4 Å². The predicted octanol–water partition coefficient (Wildman–Crippen LogP) is 3.83. The van der Waals surface area contributed by atoms with Gasteiger partial charge >= 0.3 is 0 Å². The summed E-state index contributed by atoms with van der Waals surface area (Å²) in [6.07, 6.45) is 0. The van der Waals surface area contributed by atoms with Crippen LogP contribution in [0.2, 0.25) is 0 Å². The number of rotatable bonds is 3. The Labute approximate surface area is 118 Å². The number of para-hydroxylation sites is 1. The Balaban J connectivity index is 1.88. The highest BCUT2D eigenvalue weighted by molar-refractivity contribution is 5.83. The topological polar surface area (TPSA) is 35.0 Å². The van der Waals surface area contributed by atoms with Crippen molar-refractivity contribution in [3.05, 3.63) is 65.5 Å². The normalized spacial score (nSPS) is 10.7. The van der Waals surface area contributed by atoms with Gasteiger partial charge in [-0.15, -0.1) is 0 Å². The average molecular weight is 264 g/mol. The number of ether oxygens (including phenoxy) is 1. The fourth-order valence-electron chi connectivity index (χ4n) is 2.10. The summed E-state index contributed by atoms with van der Waals surface area (Å²) >= 11 is 0. The Morgan fingerprint density at radius 3 is 2.45 bits per heavy atom. The van der Waals surface area contributed by atoms with Crippen LogP contribution in [-0.2, 0) is 6.61 Å². The lowest BCUT2D eigenvalue weighted by Crippen LogP contribution is -2.00. The van der Waals surface area contributed by atoms with Gasteiger partial charge in [-0.3, -0.25) is 0 Å². The number of aryl methyl sites for hydroxylation is 2. The molecule has 20 heavy (non-hydrogen) atoms. The number of fused-ring (bicyclic) bond motifs is 1. The summed E-state index contributed by atoms with van der Waals surface area (Å²) in [4.78, 5) is 8.81. The molecule has 0 unspecified atom stereocenters. The molecule has 3 rings (SSSR count). The van der Waals surface area contributed by atoms with E-state index in [2.05, 4.69) is 41.2 Å². The molecule has 0 spiro atoms. The van der Waals surface area contributed by atoms with Gasteiger partial charge in [-0.2, -0.15) is 4.98 Å². The van der Waals surface area contributed by atoms with Crippen LogP contribution in [-0.4, -0.2) is 9.97 Å². The predicted molar refractivity (Wildman–Crippen MR) is 79.8 cm³/mol. The fraction of sp³-hybridized carbons (Fsp3) is 0.176. The first-order chi connectivity index (χ1) is 9.72. The number of aromatic nitrogens is 2. The third kappa shape index (κ3) is 2.62. The van der Waals surface area contributed by atoms with E-state index in [0.29, 0.717) is 12.5 Å². The van der Waals surface area contributed by atoms with E-state index < -0.39 is 0 Å². The van der Waals surface area contributed by atoms with Crippen molar-refractivity contribution in [1.29, 1.82) is 0 Å². The quantitative estimate of drug-likeness (QED) is 0.721. The molecular weight excluding hydrogens is 248 g/mol. The van der Waals surface area contributed by atoms with E-state index in [1.807, 2.05) is 31.2 Å². The van der Waals surface area contributed by atoms with E-state index >= 15 is 0 Å². The lowest BCUT2D eigenvalue weighted by Gasteiger charge is -2.09. The number of benzene rings is 2. The van der Waals surface area contributed by atoms with Gasteiger partial charge in [0.15, 0.2) is 0 Å². The second-order valence-corrected chi connectivity index (χ2v) is 4.87. The molecule has 0 saturated carbocycles. The van der Waals surface area contributed by atoms with Crippen LogP contribution in [0.3, 0.4) is 0 Å². The molecule has 0 atom stereocenters. The lowest BCUT2D eigenvalue weighted by molar-refractivity contribution is 0.297. The van der Waals surface area contributed by atoms with E-state index in [-0.39, 0.29) is 0 Å². The molecular formula is C17H16N2O. The van der Waals surface area contributed by atoms with Crippen LogP contribution < -0.4 is 4.74 Å². The second-order valence-electron chi connectivity index (χ2n) is 4.87. The molecule has 0 saturated heterocycles. The van der Waals surface area contributed by atoms with Crippen molar-refractivity contribution in [2.45, 2.75) is 20.5 Å². The van der Waals surface area contributed by atoms with Gasteiger partial charge in [-0.1, -0.05) is 42.0 Å². The third-order valence-corrected chi connectivity index (χ3v) is 3.18. The number of hydrogen-bond acceptors (Lipinski definition) is 3. The first-order valence-electron chi connectivity index (χ1n) is 6.64. The average Bonchev–Trinajstić information content (AvgIpc) is 2.46. The first kappa shape index (κ1) is 12.6. The summed E-state index contributed by atoms with van der Waals surface area (Å²) in [6, 6.07) is 16.2. The SMILES string of the molecule is Cc1ccc(COc2nc(C)nc3ccccc23)cc1. The van der Waals surface area contributed by atoms with E-state index in [4.69, 9.17) is 4.74 Å². The second kappa shape index (κ2) is 5.29. The number of nitrogens with zero attached hydrogens (tertiary/aromatic N) is 2. The van der Waals surface area contributed by atoms with Crippen LogP contribution >= 0.6 is 0 Å². The van der Waals surface area contributed by atoms with E-state index in [1.54, 1.807) is 0 Å². The number of hydrogen-bond donors (Lipinski definition) is 0. The zero-order valence-electron chi connectivity index (χ0n) is 11.6. The standard InChI is InChI=1S/C17H16N2O/c1-12-7-9-14(10-8-12)11-20-17-15-5-3-4-6-16(15)18-13(2)19-17/h3-10H,11H2,1-2H3. The monoisotopic (exact) mass is 264 g/mol. The molecule has 0 bridgehead atoms. The third-order valence-electron chi connectivity index (χ3n) is 3.18. The van der Waals surface area contributed by atoms with Crippen LogP contribution in [0.15, 0.2) is 48.5 Å². The van der Waals surface area contributed by atoms with Crippen molar-refractivity contribution in [1.82, 2.24) is 9.97 Å². The van der Waals surface area contributed by atoms with Crippen LogP contribution in [0, 0.1) is 13.8 Å². The highest BCUT2D eigenvalue weighted by Crippen LogP contribution is 2.22. The summed E-state index contributed by atoms with van der Waals surface area (Å²) in [5.41, 5.74) is 3.30. The minimum absolute atomic E-state index is 0.515. The first-order valence-corrected chi connectivity index (χ1v) is 6.64.